The first-order valence-corrected chi connectivity index (χ1v) is 14.0. The van der Waals surface area contributed by atoms with Gasteiger partial charge in [-0.15, -0.1) is 0 Å². The number of thiazole rings is 1. The molecule has 0 spiro atoms. The first kappa shape index (κ1) is 30.4. The molecule has 0 saturated heterocycles. The van der Waals surface area contributed by atoms with E-state index in [0.29, 0.717) is 61.7 Å². The number of esters is 1. The predicted molar refractivity (Wildman–Crippen MR) is 156 cm³/mol. The Kier molecular flexibility index (Phi) is 12.0. The molecule has 1 heterocycles. The number of ether oxygens (including phenoxy) is 1. The standard InChI is InChI=1S/C28H35ClN4O5S/c1-19(18-38-20(2)34)17-33(25(36)11-14-30-12-9-21-3-6-23(29)7-4-21)16-15-31-13-10-22-5-8-24(35)26-27(22)39-28(37)32-26/h3-8,30-31,35H,1,9-18H2,2H3,(H,32,37). The maximum atomic E-state index is 13.0. The minimum Gasteiger partial charge on any atom is -0.506 e. The fourth-order valence-electron chi connectivity index (χ4n) is 4.01. The molecular weight excluding hydrogens is 540 g/mol. The van der Waals surface area contributed by atoms with Gasteiger partial charge >= 0.3 is 10.8 Å². The smallest absolute Gasteiger partial charge is 0.305 e. The third kappa shape index (κ3) is 10.1. The third-order valence-corrected chi connectivity index (χ3v) is 7.24. The molecule has 0 atom stereocenters. The van der Waals surface area contributed by atoms with E-state index in [1.165, 1.54) is 12.5 Å². The van der Waals surface area contributed by atoms with Crippen molar-refractivity contribution in [3.05, 3.63) is 74.4 Å². The first-order chi connectivity index (χ1) is 18.7. The Balaban J connectivity index is 1.45. The molecule has 0 aliphatic rings. The SMILES string of the molecule is C=C(COC(C)=O)CN(CCNCCc1ccc(O)c2[nH]c(=O)sc12)C(=O)CCNCCc1ccc(Cl)cc1. The normalized spacial score (nSPS) is 11.0. The topological polar surface area (TPSA) is 124 Å². The highest BCUT2D eigenvalue weighted by Crippen LogP contribution is 2.27. The number of halogens is 1. The van der Waals surface area contributed by atoms with Crippen LogP contribution in [0, 0.1) is 0 Å². The Morgan fingerprint density at radius 1 is 1.08 bits per heavy atom. The van der Waals surface area contributed by atoms with Crippen LogP contribution in [-0.4, -0.2) is 72.7 Å². The molecule has 0 aliphatic heterocycles. The molecule has 2 aromatic carbocycles. The summed E-state index contributed by atoms with van der Waals surface area (Å²) in [6.07, 6.45) is 1.83. The molecule has 0 bridgehead atoms. The van der Waals surface area contributed by atoms with Gasteiger partial charge in [0.2, 0.25) is 5.91 Å². The summed E-state index contributed by atoms with van der Waals surface area (Å²) < 4.78 is 5.78. The Labute approximate surface area is 236 Å². The number of aromatic amines is 1. The Morgan fingerprint density at radius 2 is 1.79 bits per heavy atom. The lowest BCUT2D eigenvalue weighted by Gasteiger charge is -2.24. The molecule has 11 heteroatoms. The van der Waals surface area contributed by atoms with Crippen LogP contribution in [-0.2, 0) is 27.2 Å². The van der Waals surface area contributed by atoms with Crippen molar-refractivity contribution < 1.29 is 19.4 Å². The minimum atomic E-state index is -0.392. The van der Waals surface area contributed by atoms with Crippen molar-refractivity contribution in [2.24, 2.45) is 0 Å². The van der Waals surface area contributed by atoms with Gasteiger partial charge in [-0.3, -0.25) is 14.4 Å². The Morgan fingerprint density at radius 3 is 2.54 bits per heavy atom. The van der Waals surface area contributed by atoms with Crippen LogP contribution in [0.3, 0.4) is 0 Å². The van der Waals surface area contributed by atoms with Crippen LogP contribution >= 0.6 is 22.9 Å². The largest absolute Gasteiger partial charge is 0.506 e. The number of hydrogen-bond donors (Lipinski definition) is 4. The fraction of sp³-hybridized carbons (Fsp3) is 0.393. The Bertz CT molecular complexity index is 1320. The van der Waals surface area contributed by atoms with Gasteiger partial charge in [0.15, 0.2) is 0 Å². The first-order valence-electron chi connectivity index (χ1n) is 12.8. The van der Waals surface area contributed by atoms with Gasteiger partial charge in [0.05, 0.1) is 4.70 Å². The van der Waals surface area contributed by atoms with Gasteiger partial charge in [-0.05, 0) is 60.8 Å². The number of fused-ring (bicyclic) bond motifs is 1. The lowest BCUT2D eigenvalue weighted by atomic mass is 10.1. The van der Waals surface area contributed by atoms with E-state index in [9.17, 15) is 19.5 Å². The number of aromatic hydroxyl groups is 1. The van der Waals surface area contributed by atoms with Crippen molar-refractivity contribution in [1.29, 1.82) is 0 Å². The number of carbonyl (C=O) groups excluding carboxylic acids is 2. The molecule has 39 heavy (non-hydrogen) atoms. The fourth-order valence-corrected chi connectivity index (χ4v) is 5.03. The van der Waals surface area contributed by atoms with Gasteiger partial charge in [-0.2, -0.15) is 0 Å². The van der Waals surface area contributed by atoms with Gasteiger partial charge in [0.1, 0.15) is 17.9 Å². The summed E-state index contributed by atoms with van der Waals surface area (Å²) >= 11 is 7.01. The zero-order chi connectivity index (χ0) is 28.2. The number of carbonyl (C=O) groups is 2. The van der Waals surface area contributed by atoms with Crippen LogP contribution in [0.4, 0.5) is 0 Å². The summed E-state index contributed by atoms with van der Waals surface area (Å²) in [5.41, 5.74) is 3.24. The van der Waals surface area contributed by atoms with Crippen molar-refractivity contribution in [1.82, 2.24) is 20.5 Å². The highest BCUT2D eigenvalue weighted by molar-refractivity contribution is 7.16. The van der Waals surface area contributed by atoms with Crippen molar-refractivity contribution in [2.75, 3.05) is 45.9 Å². The van der Waals surface area contributed by atoms with Crippen molar-refractivity contribution in [3.8, 4) is 5.75 Å². The van der Waals surface area contributed by atoms with E-state index in [2.05, 4.69) is 22.2 Å². The molecule has 210 valence electrons. The minimum absolute atomic E-state index is 0.0166. The summed E-state index contributed by atoms with van der Waals surface area (Å²) in [5.74, 6) is -0.351. The highest BCUT2D eigenvalue weighted by Gasteiger charge is 2.15. The third-order valence-electron chi connectivity index (χ3n) is 6.03. The van der Waals surface area contributed by atoms with Crippen molar-refractivity contribution in [2.45, 2.75) is 26.2 Å². The lowest BCUT2D eigenvalue weighted by Crippen LogP contribution is -2.40. The lowest BCUT2D eigenvalue weighted by molar-refractivity contribution is -0.140. The number of H-pyrrole nitrogens is 1. The summed E-state index contributed by atoms with van der Waals surface area (Å²) in [7, 11) is 0. The number of rotatable bonds is 16. The molecule has 4 N–H and O–H groups in total. The van der Waals surface area contributed by atoms with Crippen LogP contribution in [0.1, 0.15) is 24.5 Å². The maximum absolute atomic E-state index is 13.0. The molecule has 9 nitrogen and oxygen atoms in total. The summed E-state index contributed by atoms with van der Waals surface area (Å²) in [6.45, 7) is 8.61. The number of aromatic nitrogens is 1. The van der Waals surface area contributed by atoms with E-state index in [1.807, 2.05) is 30.3 Å². The number of hydrogen-bond acceptors (Lipinski definition) is 8. The van der Waals surface area contributed by atoms with Crippen molar-refractivity contribution >= 4 is 45.0 Å². The molecule has 3 rings (SSSR count). The molecule has 0 fully saturated rings. The van der Waals surface area contributed by atoms with E-state index < -0.39 is 5.97 Å². The number of benzene rings is 2. The maximum Gasteiger partial charge on any atom is 0.305 e. The van der Waals surface area contributed by atoms with Crippen LogP contribution in [0.5, 0.6) is 5.75 Å². The second kappa shape index (κ2) is 15.4. The van der Waals surface area contributed by atoms with Crippen LogP contribution in [0.25, 0.3) is 10.2 Å². The van der Waals surface area contributed by atoms with E-state index in [1.54, 1.807) is 11.0 Å². The molecule has 0 saturated carbocycles. The number of amides is 1. The number of nitrogens with zero attached hydrogens (tertiary/aromatic N) is 1. The van der Waals surface area contributed by atoms with Gasteiger partial charge in [0, 0.05) is 44.5 Å². The average Bonchev–Trinajstić information content (AvgIpc) is 3.31. The second-order valence-corrected chi connectivity index (χ2v) is 10.6. The van der Waals surface area contributed by atoms with Crippen LogP contribution < -0.4 is 15.5 Å². The molecular formula is C28H35ClN4O5S. The van der Waals surface area contributed by atoms with E-state index in [0.717, 1.165) is 34.6 Å². The number of phenols is 1. The van der Waals surface area contributed by atoms with Crippen molar-refractivity contribution in [3.63, 3.8) is 0 Å². The molecule has 0 aliphatic carbocycles. The summed E-state index contributed by atoms with van der Waals surface area (Å²) in [6, 6.07) is 11.1. The summed E-state index contributed by atoms with van der Waals surface area (Å²) in [5, 5.41) is 17.3. The molecule has 1 amide bonds. The van der Waals surface area contributed by atoms with Gasteiger partial charge in [-0.25, -0.2) is 0 Å². The van der Waals surface area contributed by atoms with E-state index >= 15 is 0 Å². The quantitative estimate of drug-likeness (QED) is 0.118. The van der Waals surface area contributed by atoms with Crippen LogP contribution in [0.2, 0.25) is 5.02 Å². The summed E-state index contributed by atoms with van der Waals surface area (Å²) in [4.78, 5) is 40.0. The molecule has 0 unspecified atom stereocenters. The molecule has 0 radical (unpaired) electrons. The zero-order valence-electron chi connectivity index (χ0n) is 22.1. The van der Waals surface area contributed by atoms with E-state index in [-0.39, 0.29) is 23.1 Å². The van der Waals surface area contributed by atoms with Gasteiger partial charge < -0.3 is 30.4 Å². The number of nitrogens with one attached hydrogen (secondary N) is 3. The predicted octanol–water partition coefficient (Wildman–Crippen LogP) is 3.25. The van der Waals surface area contributed by atoms with Gasteiger partial charge in [0.25, 0.3) is 0 Å². The second-order valence-electron chi connectivity index (χ2n) is 9.18. The Hall–Kier alpha value is -3.18. The average molecular weight is 575 g/mol. The zero-order valence-corrected chi connectivity index (χ0v) is 23.6. The van der Waals surface area contributed by atoms with Gasteiger partial charge in [-0.1, -0.05) is 47.7 Å². The highest BCUT2D eigenvalue weighted by atomic mass is 35.5. The number of phenolic OH excluding ortho intramolecular Hbond substituents is 1. The van der Waals surface area contributed by atoms with E-state index in [4.69, 9.17) is 16.3 Å². The molecule has 3 aromatic rings. The van der Waals surface area contributed by atoms with Crippen LogP contribution in [0.15, 0.2) is 53.3 Å². The monoisotopic (exact) mass is 574 g/mol. The molecule has 1 aromatic heterocycles.